The molecule has 1 aliphatic carbocycles. The number of hydrogen-bond donors (Lipinski definition) is 3. The maximum absolute atomic E-state index is 12.5. The van der Waals surface area contributed by atoms with Crippen molar-refractivity contribution in [2.45, 2.75) is 101 Å². The lowest BCUT2D eigenvalue weighted by Gasteiger charge is -2.25. The number of unbranched alkanes of at least 4 members (excludes halogenated alkanes) is 4. The van der Waals surface area contributed by atoms with Crippen LogP contribution in [0.15, 0.2) is 28.8 Å². The van der Waals surface area contributed by atoms with Gasteiger partial charge in [-0.2, -0.15) is 0 Å². The van der Waals surface area contributed by atoms with Gasteiger partial charge in [-0.05, 0) is 32.1 Å². The first-order valence-corrected chi connectivity index (χ1v) is 13.4. The van der Waals surface area contributed by atoms with E-state index in [2.05, 4.69) is 33.3 Å². The first-order valence-electron chi connectivity index (χ1n) is 11.9. The van der Waals surface area contributed by atoms with E-state index < -0.39 is 27.3 Å². The standard InChI is InChI=1S/C23H37N3O4S/c27-23(28)21(26-31(29,30)20-12-6-4-7-13-20)14-8-3-1-2-5-11-19-16-15-18-10-9-17-24-22(18)25-19/h10,15-16,19-21,26H,1-9,11-14,17H2,(H,24,25)(H,27,28). The van der Waals surface area contributed by atoms with Gasteiger partial charge in [-0.25, -0.2) is 13.1 Å². The Morgan fingerprint density at radius 1 is 1.16 bits per heavy atom. The van der Waals surface area contributed by atoms with Crippen LogP contribution in [0.5, 0.6) is 0 Å². The van der Waals surface area contributed by atoms with E-state index in [0.717, 1.165) is 76.6 Å². The van der Waals surface area contributed by atoms with Crippen molar-refractivity contribution in [3.05, 3.63) is 23.8 Å². The zero-order valence-corrected chi connectivity index (χ0v) is 19.2. The molecule has 2 aliphatic heterocycles. The summed E-state index contributed by atoms with van der Waals surface area (Å²) in [5.74, 6) is -0.0530. The molecule has 2 heterocycles. The molecule has 2 atom stereocenters. The van der Waals surface area contributed by atoms with Crippen molar-refractivity contribution in [2.24, 2.45) is 4.99 Å². The van der Waals surface area contributed by atoms with E-state index in [1.807, 2.05) is 0 Å². The first-order chi connectivity index (χ1) is 15.0. The van der Waals surface area contributed by atoms with Crippen molar-refractivity contribution in [1.82, 2.24) is 10.0 Å². The van der Waals surface area contributed by atoms with Gasteiger partial charge in [-0.3, -0.25) is 9.79 Å². The molecule has 0 aromatic carbocycles. The number of hydrogen-bond acceptors (Lipinski definition) is 5. The zero-order valence-electron chi connectivity index (χ0n) is 18.4. The van der Waals surface area contributed by atoms with Crippen molar-refractivity contribution in [3.63, 3.8) is 0 Å². The van der Waals surface area contributed by atoms with Gasteiger partial charge in [0.1, 0.15) is 11.9 Å². The molecule has 174 valence electrons. The number of nitrogens with zero attached hydrogens (tertiary/aromatic N) is 1. The number of dihydropyridines is 1. The van der Waals surface area contributed by atoms with Gasteiger partial charge in [0.2, 0.25) is 10.0 Å². The molecule has 1 saturated carbocycles. The summed E-state index contributed by atoms with van der Waals surface area (Å²) in [7, 11) is -3.56. The number of carboxylic acids is 1. The highest BCUT2D eigenvalue weighted by Gasteiger charge is 2.31. The topological polar surface area (TPSA) is 108 Å². The minimum Gasteiger partial charge on any atom is -0.480 e. The third kappa shape index (κ3) is 7.45. The van der Waals surface area contributed by atoms with Crippen LogP contribution in [0.3, 0.4) is 0 Å². The first kappa shape index (κ1) is 24.0. The van der Waals surface area contributed by atoms with Crippen LogP contribution in [0.2, 0.25) is 0 Å². The van der Waals surface area contributed by atoms with Gasteiger partial charge in [-0.15, -0.1) is 0 Å². The molecule has 3 rings (SSSR count). The Hall–Kier alpha value is -1.67. The minimum atomic E-state index is -3.56. The molecule has 8 heteroatoms. The van der Waals surface area contributed by atoms with Crippen LogP contribution in [0.4, 0.5) is 0 Å². The Morgan fingerprint density at radius 3 is 2.68 bits per heavy atom. The number of sulfonamides is 1. The van der Waals surface area contributed by atoms with E-state index in [1.165, 1.54) is 5.57 Å². The number of fused-ring (bicyclic) bond motifs is 1. The molecule has 0 amide bonds. The molecule has 0 aromatic rings. The van der Waals surface area contributed by atoms with Crippen molar-refractivity contribution in [3.8, 4) is 0 Å². The maximum Gasteiger partial charge on any atom is 0.321 e. The highest BCUT2D eigenvalue weighted by Crippen LogP contribution is 2.24. The fourth-order valence-electron chi connectivity index (χ4n) is 4.62. The Kier molecular flexibility index (Phi) is 9.14. The van der Waals surface area contributed by atoms with E-state index in [-0.39, 0.29) is 0 Å². The lowest BCUT2D eigenvalue weighted by Crippen LogP contribution is -2.45. The number of nitrogens with one attached hydrogen (secondary N) is 2. The largest absolute Gasteiger partial charge is 0.480 e. The Labute approximate surface area is 186 Å². The number of carboxylic acid groups (broad SMARTS) is 1. The molecule has 3 aliphatic rings. The van der Waals surface area contributed by atoms with E-state index >= 15 is 0 Å². The van der Waals surface area contributed by atoms with Gasteiger partial charge in [0.25, 0.3) is 0 Å². The van der Waals surface area contributed by atoms with E-state index in [4.69, 9.17) is 0 Å². The molecule has 0 aromatic heterocycles. The average Bonchev–Trinajstić information content (AvgIpc) is 2.78. The molecule has 0 bridgehead atoms. The summed E-state index contributed by atoms with van der Waals surface area (Å²) in [6.45, 7) is 0.862. The normalized spacial score (nSPS) is 22.8. The van der Waals surface area contributed by atoms with Crippen molar-refractivity contribution >= 4 is 21.8 Å². The molecule has 0 radical (unpaired) electrons. The Balaban J connectivity index is 1.30. The minimum absolute atomic E-state index is 0.333. The highest BCUT2D eigenvalue weighted by atomic mass is 32.2. The van der Waals surface area contributed by atoms with Crippen LogP contribution in [0.1, 0.15) is 83.5 Å². The van der Waals surface area contributed by atoms with E-state index in [9.17, 15) is 18.3 Å². The SMILES string of the molecule is O=C(O)C(CCCCCCCC1C=CC2=CCCN=C2N1)NS(=O)(=O)C1CCCCC1. The summed E-state index contributed by atoms with van der Waals surface area (Å²) in [5.41, 5.74) is 1.20. The molecular formula is C23H37N3O4S. The maximum atomic E-state index is 12.5. The predicted molar refractivity (Wildman–Crippen MR) is 124 cm³/mol. The summed E-state index contributed by atoms with van der Waals surface area (Å²) in [6, 6.07) is -0.679. The Morgan fingerprint density at radius 2 is 1.90 bits per heavy atom. The number of amidine groups is 1. The van der Waals surface area contributed by atoms with E-state index in [1.54, 1.807) is 0 Å². The highest BCUT2D eigenvalue weighted by molar-refractivity contribution is 7.90. The van der Waals surface area contributed by atoms with Crippen LogP contribution in [-0.2, 0) is 14.8 Å². The van der Waals surface area contributed by atoms with Crippen LogP contribution < -0.4 is 10.0 Å². The van der Waals surface area contributed by atoms with Gasteiger partial charge < -0.3 is 10.4 Å². The summed E-state index contributed by atoms with van der Waals surface area (Å²) >= 11 is 0. The van der Waals surface area contributed by atoms with Crippen LogP contribution in [0, 0.1) is 0 Å². The van der Waals surface area contributed by atoms with Crippen molar-refractivity contribution in [2.75, 3.05) is 6.54 Å². The van der Waals surface area contributed by atoms with Gasteiger partial charge in [0, 0.05) is 18.2 Å². The molecular weight excluding hydrogens is 414 g/mol. The lowest BCUT2D eigenvalue weighted by atomic mass is 9.99. The summed E-state index contributed by atoms with van der Waals surface area (Å²) in [6.07, 6.45) is 18.0. The van der Waals surface area contributed by atoms with E-state index in [0.29, 0.717) is 25.3 Å². The zero-order chi connectivity index (χ0) is 22.1. The van der Waals surface area contributed by atoms with Crippen LogP contribution >= 0.6 is 0 Å². The Bertz CT molecular complexity index is 798. The molecule has 2 unspecified atom stereocenters. The molecule has 7 nitrogen and oxygen atoms in total. The third-order valence-electron chi connectivity index (χ3n) is 6.47. The molecule has 3 N–H and O–H groups in total. The van der Waals surface area contributed by atoms with Gasteiger partial charge in [0.05, 0.1) is 5.25 Å². The molecule has 0 saturated heterocycles. The molecule has 1 fully saturated rings. The molecule has 0 spiro atoms. The molecule has 31 heavy (non-hydrogen) atoms. The second kappa shape index (κ2) is 11.8. The number of aliphatic carboxylic acids is 1. The van der Waals surface area contributed by atoms with Crippen molar-refractivity contribution < 1.29 is 18.3 Å². The average molecular weight is 452 g/mol. The van der Waals surface area contributed by atoms with Gasteiger partial charge >= 0.3 is 5.97 Å². The second-order valence-corrected chi connectivity index (χ2v) is 10.9. The number of carbonyl (C=O) groups is 1. The second-order valence-electron chi connectivity index (χ2n) is 8.95. The van der Waals surface area contributed by atoms with Crippen LogP contribution in [-0.4, -0.2) is 49.2 Å². The van der Waals surface area contributed by atoms with Crippen molar-refractivity contribution in [1.29, 1.82) is 0 Å². The lowest BCUT2D eigenvalue weighted by molar-refractivity contribution is -0.139. The summed E-state index contributed by atoms with van der Waals surface area (Å²) in [5, 5.41) is 12.5. The van der Waals surface area contributed by atoms with Gasteiger partial charge in [-0.1, -0.05) is 69.6 Å². The predicted octanol–water partition coefficient (Wildman–Crippen LogP) is 3.68. The summed E-state index contributed by atoms with van der Waals surface area (Å²) < 4.78 is 27.5. The number of aliphatic imine (C=N–C) groups is 1. The van der Waals surface area contributed by atoms with Gasteiger partial charge in [0.15, 0.2) is 0 Å². The fourth-order valence-corrected chi connectivity index (χ4v) is 6.38. The number of rotatable bonds is 12. The van der Waals surface area contributed by atoms with Crippen LogP contribution in [0.25, 0.3) is 0 Å². The monoisotopic (exact) mass is 451 g/mol. The quantitative estimate of drug-likeness (QED) is 0.392. The fraction of sp³-hybridized carbons (Fsp3) is 0.739. The smallest absolute Gasteiger partial charge is 0.321 e. The summed E-state index contributed by atoms with van der Waals surface area (Å²) in [4.78, 5) is 16.1. The third-order valence-corrected chi connectivity index (χ3v) is 8.43.